The number of anilines is 1. The van der Waals surface area contributed by atoms with E-state index in [1.807, 2.05) is 0 Å². The Bertz CT molecular complexity index is 1860. The molecule has 1 unspecified atom stereocenters. The van der Waals surface area contributed by atoms with Gasteiger partial charge in [0.05, 0.1) is 6.54 Å². The molecule has 0 bridgehead atoms. The van der Waals surface area contributed by atoms with Crippen LogP contribution in [0.25, 0.3) is 6.08 Å². The van der Waals surface area contributed by atoms with E-state index in [1.165, 1.54) is 41.3 Å². The number of phenols is 1. The van der Waals surface area contributed by atoms with Crippen molar-refractivity contribution >= 4 is 53.0 Å². The van der Waals surface area contributed by atoms with E-state index >= 15 is 0 Å². The van der Waals surface area contributed by atoms with Crippen molar-refractivity contribution in [3.63, 3.8) is 0 Å². The van der Waals surface area contributed by atoms with Gasteiger partial charge in [0.15, 0.2) is 0 Å². The third-order valence-corrected chi connectivity index (χ3v) is 9.20. The first kappa shape index (κ1) is 36.9. The molecule has 13 nitrogen and oxygen atoms in total. The summed E-state index contributed by atoms with van der Waals surface area (Å²) in [6, 6.07) is 15.5. The molecule has 5 rings (SSSR count). The molecule has 2 aliphatic heterocycles. The van der Waals surface area contributed by atoms with Crippen LogP contribution in [0.4, 0.5) is 5.69 Å². The Morgan fingerprint density at radius 3 is 2.27 bits per heavy atom. The summed E-state index contributed by atoms with van der Waals surface area (Å²) in [6.45, 7) is 5.83. The Kier molecular flexibility index (Phi) is 10.4. The van der Waals surface area contributed by atoms with Gasteiger partial charge in [0.25, 0.3) is 0 Å². The zero-order valence-corrected chi connectivity index (χ0v) is 28.8. The first-order chi connectivity index (χ1) is 24.0. The number of hydrogen-bond acceptors (Lipinski definition) is 8. The number of carbonyl (C=O) groups excluding carboxylic acids is 3. The summed E-state index contributed by atoms with van der Waals surface area (Å²) in [5.74, 6) is -5.16. The highest BCUT2D eigenvalue weighted by atomic mass is 35.5. The summed E-state index contributed by atoms with van der Waals surface area (Å²) in [5.41, 5.74) is -2.10. The number of carboxylic acid groups (broad SMARTS) is 2. The number of nitrogens with zero attached hydrogens (tertiary/aromatic N) is 2. The largest absolute Gasteiger partial charge is 0.508 e. The highest BCUT2D eigenvalue weighted by molar-refractivity contribution is 6.30. The van der Waals surface area contributed by atoms with E-state index in [1.54, 1.807) is 62.1 Å². The van der Waals surface area contributed by atoms with Gasteiger partial charge in [-0.25, -0.2) is 9.59 Å². The maximum Gasteiger partial charge on any atom is 0.363 e. The lowest BCUT2D eigenvalue weighted by Crippen LogP contribution is -2.57. The molecule has 268 valence electrons. The van der Waals surface area contributed by atoms with Gasteiger partial charge in [-0.1, -0.05) is 50.6 Å². The fourth-order valence-electron chi connectivity index (χ4n) is 6.18. The standard InChI is InChI=1S/C37H38ClN3O10/c1-36(2,3)30(39-29(43)17-9-21-8-16-28-26(19-21)31(44)37(51-28,34(47)48)35(49)50)33(46)40-18-4-5-27(40)32(45)41(24-12-10-23(38)11-13-24)20-22-6-14-25(42)15-7-22/h6-17,19,27,30-31,42,44H,4-5,18,20H2,1-3H3,(H,39,43)(H,47,48)(H,49,50)/t27-,30+,31?/m0/s1. The molecule has 2 aliphatic rings. The van der Waals surface area contributed by atoms with Gasteiger partial charge in [0, 0.05) is 28.9 Å². The molecule has 14 heteroatoms. The molecule has 2 heterocycles. The SMILES string of the molecule is CC(C)(C)[C@H](NC(=O)C=Cc1ccc2c(c1)C(O)C(C(=O)O)(C(=O)O)O2)C(=O)N1CCC[C@H]1C(=O)N(Cc1ccc(O)cc1)c1ccc(Cl)cc1. The molecule has 0 radical (unpaired) electrons. The van der Waals surface area contributed by atoms with Gasteiger partial charge in [-0.05, 0) is 84.0 Å². The summed E-state index contributed by atoms with van der Waals surface area (Å²) >= 11 is 6.12. The number of ether oxygens (including phenoxy) is 1. The number of fused-ring (bicyclic) bond motifs is 1. The van der Waals surface area contributed by atoms with E-state index in [-0.39, 0.29) is 29.5 Å². The van der Waals surface area contributed by atoms with Gasteiger partial charge in [-0.3, -0.25) is 14.4 Å². The summed E-state index contributed by atoms with van der Waals surface area (Å²) in [7, 11) is 0. The number of aliphatic hydroxyl groups excluding tert-OH is 1. The fourth-order valence-corrected chi connectivity index (χ4v) is 6.31. The lowest BCUT2D eigenvalue weighted by molar-refractivity contribution is -0.180. The van der Waals surface area contributed by atoms with Gasteiger partial charge >= 0.3 is 17.5 Å². The number of hydrogen-bond donors (Lipinski definition) is 5. The Balaban J connectivity index is 1.34. The molecule has 1 saturated heterocycles. The number of amides is 3. The quantitative estimate of drug-likeness (QED) is 0.150. The maximum absolute atomic E-state index is 14.2. The maximum atomic E-state index is 14.2. The van der Waals surface area contributed by atoms with Crippen molar-refractivity contribution in [2.24, 2.45) is 5.41 Å². The Labute approximate surface area is 298 Å². The molecule has 0 aliphatic carbocycles. The predicted octanol–water partition coefficient (Wildman–Crippen LogP) is 4.15. The molecular formula is C37H38ClN3O10. The molecule has 3 atom stereocenters. The van der Waals surface area contributed by atoms with Crippen LogP contribution in [0.3, 0.4) is 0 Å². The fraction of sp³-hybridized carbons (Fsp3) is 0.324. The van der Waals surface area contributed by atoms with Crippen molar-refractivity contribution in [2.75, 3.05) is 11.4 Å². The average Bonchev–Trinajstić information content (AvgIpc) is 3.69. The summed E-state index contributed by atoms with van der Waals surface area (Å²) in [5, 5.41) is 42.6. The third-order valence-electron chi connectivity index (χ3n) is 8.95. The molecule has 3 amide bonds. The zero-order valence-electron chi connectivity index (χ0n) is 28.1. The smallest absolute Gasteiger partial charge is 0.363 e. The predicted molar refractivity (Wildman–Crippen MR) is 186 cm³/mol. The molecule has 3 aromatic rings. The van der Waals surface area contributed by atoms with Crippen molar-refractivity contribution in [1.82, 2.24) is 10.2 Å². The minimum atomic E-state index is -2.91. The normalized spacial score (nSPS) is 18.5. The number of halogens is 1. The first-order valence-corrected chi connectivity index (χ1v) is 16.5. The van der Waals surface area contributed by atoms with Crippen molar-refractivity contribution < 1.29 is 49.1 Å². The zero-order chi connectivity index (χ0) is 37.2. The summed E-state index contributed by atoms with van der Waals surface area (Å²) in [4.78, 5) is 68.2. The van der Waals surface area contributed by atoms with Crippen molar-refractivity contribution in [3.8, 4) is 11.5 Å². The van der Waals surface area contributed by atoms with Gasteiger partial charge in [-0.2, -0.15) is 0 Å². The van der Waals surface area contributed by atoms with Crippen LogP contribution in [0.5, 0.6) is 11.5 Å². The van der Waals surface area contributed by atoms with Gasteiger partial charge in [0.2, 0.25) is 17.7 Å². The number of rotatable bonds is 10. The topological polar surface area (TPSA) is 194 Å². The first-order valence-electron chi connectivity index (χ1n) is 16.1. The molecule has 0 saturated carbocycles. The molecule has 0 spiro atoms. The summed E-state index contributed by atoms with van der Waals surface area (Å²) < 4.78 is 5.14. The van der Waals surface area contributed by atoms with Crippen molar-refractivity contribution in [1.29, 1.82) is 0 Å². The number of carbonyl (C=O) groups is 5. The van der Waals surface area contributed by atoms with E-state index in [0.717, 1.165) is 11.6 Å². The van der Waals surface area contributed by atoms with E-state index in [9.17, 15) is 44.4 Å². The molecular weight excluding hydrogens is 682 g/mol. The van der Waals surface area contributed by atoms with Gasteiger partial charge in [0.1, 0.15) is 29.7 Å². The van der Waals surface area contributed by atoms with E-state index in [2.05, 4.69) is 5.32 Å². The van der Waals surface area contributed by atoms with Crippen LogP contribution in [0.15, 0.2) is 72.8 Å². The number of benzene rings is 3. The highest BCUT2D eigenvalue weighted by Crippen LogP contribution is 2.44. The number of nitrogens with one attached hydrogen (secondary N) is 1. The van der Waals surface area contributed by atoms with Crippen LogP contribution in [0.2, 0.25) is 5.02 Å². The van der Waals surface area contributed by atoms with Crippen LogP contribution in [0, 0.1) is 5.41 Å². The second kappa shape index (κ2) is 14.4. The second-order valence-corrected chi connectivity index (χ2v) is 14.0. The van der Waals surface area contributed by atoms with Crippen LogP contribution in [0.1, 0.15) is 56.4 Å². The van der Waals surface area contributed by atoms with Crippen LogP contribution in [-0.2, 0) is 30.5 Å². The summed E-state index contributed by atoms with van der Waals surface area (Å²) in [6.07, 6.45) is 1.49. The molecule has 5 N–H and O–H groups in total. The number of phenolic OH excluding ortho intramolecular Hbond substituents is 1. The molecule has 1 fully saturated rings. The second-order valence-electron chi connectivity index (χ2n) is 13.5. The highest BCUT2D eigenvalue weighted by Gasteiger charge is 2.61. The monoisotopic (exact) mass is 719 g/mol. The number of aliphatic carboxylic acids is 2. The Morgan fingerprint density at radius 2 is 1.67 bits per heavy atom. The van der Waals surface area contributed by atoms with Crippen LogP contribution < -0.4 is 15.0 Å². The van der Waals surface area contributed by atoms with Crippen LogP contribution >= 0.6 is 11.6 Å². The molecule has 0 aromatic heterocycles. The Hall–Kier alpha value is -5.40. The molecule has 51 heavy (non-hydrogen) atoms. The van der Waals surface area contributed by atoms with E-state index in [0.29, 0.717) is 35.7 Å². The number of aromatic hydroxyl groups is 1. The van der Waals surface area contributed by atoms with Gasteiger partial charge < -0.3 is 40.3 Å². The van der Waals surface area contributed by atoms with Crippen molar-refractivity contribution in [3.05, 3.63) is 94.5 Å². The number of aliphatic hydroxyl groups is 1. The molecule has 3 aromatic carbocycles. The average molecular weight is 720 g/mol. The van der Waals surface area contributed by atoms with Crippen molar-refractivity contribution in [2.45, 2.75) is 63.9 Å². The third kappa shape index (κ3) is 7.54. The number of carboxylic acids is 2. The minimum Gasteiger partial charge on any atom is -0.508 e. The number of likely N-dealkylation sites (tertiary alicyclic amines) is 1. The lowest BCUT2D eigenvalue weighted by atomic mass is 9.85. The van der Waals surface area contributed by atoms with E-state index < -0.39 is 53.0 Å². The van der Waals surface area contributed by atoms with E-state index in [4.69, 9.17) is 16.3 Å². The minimum absolute atomic E-state index is 0.0760. The van der Waals surface area contributed by atoms with Crippen LogP contribution in [-0.4, -0.2) is 79.2 Å². The Morgan fingerprint density at radius 1 is 1.02 bits per heavy atom. The van der Waals surface area contributed by atoms with Gasteiger partial charge in [-0.15, -0.1) is 0 Å². The lowest BCUT2D eigenvalue weighted by Gasteiger charge is -2.36.